The standard InChI is InChI=1S/C30H40N2O5/c1-5-36-29(35)26(18-16-22-12-8-6-9-13-22)31-25-19-17-24(23-14-10-7-11-15-23)20-32(28(25)34)21-27(33)37-30(2,3)4/h6-15,24-26,31H,5,16-21H2,1-4H3/t24?,25?,26-/m0/s1. The van der Waals surface area contributed by atoms with E-state index in [0.29, 0.717) is 25.8 Å². The quantitative estimate of drug-likeness (QED) is 0.483. The monoisotopic (exact) mass is 508 g/mol. The first-order valence-corrected chi connectivity index (χ1v) is 13.2. The van der Waals surface area contributed by atoms with Crippen molar-refractivity contribution in [2.24, 2.45) is 0 Å². The highest BCUT2D eigenvalue weighted by Gasteiger charge is 2.36. The molecule has 3 rings (SSSR count). The Balaban J connectivity index is 1.80. The summed E-state index contributed by atoms with van der Waals surface area (Å²) in [7, 11) is 0. The Morgan fingerprint density at radius 2 is 1.68 bits per heavy atom. The van der Waals surface area contributed by atoms with Crippen LogP contribution in [0.2, 0.25) is 0 Å². The third-order valence-electron chi connectivity index (χ3n) is 6.40. The van der Waals surface area contributed by atoms with E-state index in [1.165, 1.54) is 0 Å². The number of amides is 1. The van der Waals surface area contributed by atoms with Crippen LogP contribution in [0, 0.1) is 0 Å². The molecule has 2 unspecified atom stereocenters. The molecular formula is C30H40N2O5. The van der Waals surface area contributed by atoms with Crippen molar-refractivity contribution in [3.8, 4) is 0 Å². The molecule has 7 nitrogen and oxygen atoms in total. The zero-order valence-corrected chi connectivity index (χ0v) is 22.4. The molecule has 7 heteroatoms. The van der Waals surface area contributed by atoms with Gasteiger partial charge in [-0.2, -0.15) is 0 Å². The molecule has 0 aliphatic carbocycles. The molecule has 1 aliphatic heterocycles. The van der Waals surface area contributed by atoms with Crippen LogP contribution in [0.1, 0.15) is 64.0 Å². The van der Waals surface area contributed by atoms with E-state index in [1.807, 2.05) is 69.3 Å². The zero-order valence-electron chi connectivity index (χ0n) is 22.4. The number of rotatable bonds is 10. The van der Waals surface area contributed by atoms with Crippen LogP contribution < -0.4 is 5.32 Å². The van der Waals surface area contributed by atoms with Crippen molar-refractivity contribution in [1.82, 2.24) is 10.2 Å². The minimum Gasteiger partial charge on any atom is -0.465 e. The third-order valence-corrected chi connectivity index (χ3v) is 6.40. The number of likely N-dealkylation sites (tertiary alicyclic amines) is 1. The van der Waals surface area contributed by atoms with Crippen molar-refractivity contribution >= 4 is 17.8 Å². The molecule has 1 fully saturated rings. The molecule has 0 bridgehead atoms. The lowest BCUT2D eigenvalue weighted by molar-refractivity contribution is -0.159. The molecule has 0 radical (unpaired) electrons. The second kappa shape index (κ2) is 13.4. The fourth-order valence-electron chi connectivity index (χ4n) is 4.69. The number of aryl methyl sites for hydroxylation is 1. The summed E-state index contributed by atoms with van der Waals surface area (Å²) in [6.45, 7) is 7.74. The van der Waals surface area contributed by atoms with Gasteiger partial charge in [0.15, 0.2) is 0 Å². The molecule has 1 N–H and O–H groups in total. The van der Waals surface area contributed by atoms with Gasteiger partial charge in [-0.15, -0.1) is 0 Å². The number of nitrogens with zero attached hydrogens (tertiary/aromatic N) is 1. The molecule has 0 aromatic heterocycles. The van der Waals surface area contributed by atoms with Gasteiger partial charge in [-0.05, 0) is 64.5 Å². The molecule has 37 heavy (non-hydrogen) atoms. The van der Waals surface area contributed by atoms with Gasteiger partial charge in [-0.1, -0.05) is 60.7 Å². The number of nitrogens with one attached hydrogen (secondary N) is 1. The second-order valence-electron chi connectivity index (χ2n) is 10.5. The van der Waals surface area contributed by atoms with E-state index in [9.17, 15) is 14.4 Å². The van der Waals surface area contributed by atoms with Crippen LogP contribution in [0.4, 0.5) is 0 Å². The Morgan fingerprint density at radius 1 is 1.03 bits per heavy atom. The summed E-state index contributed by atoms with van der Waals surface area (Å²) in [5, 5.41) is 3.31. The van der Waals surface area contributed by atoms with Crippen LogP contribution in [0.15, 0.2) is 60.7 Å². The number of benzene rings is 2. The van der Waals surface area contributed by atoms with Crippen molar-refractivity contribution in [2.45, 2.75) is 77.0 Å². The summed E-state index contributed by atoms with van der Waals surface area (Å²) in [4.78, 5) is 40.8. The Hall–Kier alpha value is -3.19. The lowest BCUT2D eigenvalue weighted by Gasteiger charge is -2.29. The number of carbonyl (C=O) groups is 3. The first-order valence-electron chi connectivity index (χ1n) is 13.2. The summed E-state index contributed by atoms with van der Waals surface area (Å²) >= 11 is 0. The molecule has 0 saturated carbocycles. The maximum absolute atomic E-state index is 13.7. The number of hydrogen-bond acceptors (Lipinski definition) is 6. The van der Waals surface area contributed by atoms with Gasteiger partial charge in [-0.25, -0.2) is 0 Å². The average molecular weight is 509 g/mol. The van der Waals surface area contributed by atoms with Gasteiger partial charge < -0.3 is 14.4 Å². The predicted molar refractivity (Wildman–Crippen MR) is 143 cm³/mol. The zero-order chi connectivity index (χ0) is 26.8. The van der Waals surface area contributed by atoms with E-state index in [4.69, 9.17) is 9.47 Å². The molecule has 1 saturated heterocycles. The molecule has 2 aromatic carbocycles. The van der Waals surface area contributed by atoms with E-state index < -0.39 is 23.7 Å². The van der Waals surface area contributed by atoms with Gasteiger partial charge in [0.25, 0.3) is 0 Å². The lowest BCUT2D eigenvalue weighted by atomic mass is 9.93. The van der Waals surface area contributed by atoms with Crippen molar-refractivity contribution in [1.29, 1.82) is 0 Å². The summed E-state index contributed by atoms with van der Waals surface area (Å²) in [5.41, 5.74) is 1.59. The van der Waals surface area contributed by atoms with Crippen molar-refractivity contribution in [3.05, 3.63) is 71.8 Å². The molecule has 1 amide bonds. The molecule has 1 heterocycles. The van der Waals surface area contributed by atoms with Crippen molar-refractivity contribution < 1.29 is 23.9 Å². The smallest absolute Gasteiger partial charge is 0.326 e. The van der Waals surface area contributed by atoms with E-state index in [2.05, 4.69) is 17.4 Å². The first-order chi connectivity index (χ1) is 17.7. The fourth-order valence-corrected chi connectivity index (χ4v) is 4.69. The van der Waals surface area contributed by atoms with Gasteiger partial charge >= 0.3 is 11.9 Å². The second-order valence-corrected chi connectivity index (χ2v) is 10.5. The molecule has 1 aliphatic rings. The van der Waals surface area contributed by atoms with Gasteiger partial charge in [0, 0.05) is 12.5 Å². The van der Waals surface area contributed by atoms with Gasteiger partial charge in [0.2, 0.25) is 5.91 Å². The number of esters is 2. The first kappa shape index (κ1) is 28.4. The van der Waals surface area contributed by atoms with Gasteiger partial charge in [-0.3, -0.25) is 19.7 Å². The van der Waals surface area contributed by atoms with E-state index in [0.717, 1.165) is 17.5 Å². The molecule has 2 aromatic rings. The minimum atomic E-state index is -0.644. The highest BCUT2D eigenvalue weighted by atomic mass is 16.6. The van der Waals surface area contributed by atoms with Crippen LogP contribution in [0.25, 0.3) is 0 Å². The molecule has 3 atom stereocenters. The third kappa shape index (κ3) is 9.01. The van der Waals surface area contributed by atoms with E-state index >= 15 is 0 Å². The Kier molecular flexibility index (Phi) is 10.3. The SMILES string of the molecule is CCOC(=O)[C@H](CCc1ccccc1)NC1CCC(c2ccccc2)CN(CC(=O)OC(C)(C)C)C1=O. The normalized spacial score (nSPS) is 19.1. The lowest BCUT2D eigenvalue weighted by Crippen LogP contribution is -2.53. The number of carbonyl (C=O) groups excluding carboxylic acids is 3. The molecular weight excluding hydrogens is 468 g/mol. The largest absolute Gasteiger partial charge is 0.465 e. The summed E-state index contributed by atoms with van der Waals surface area (Å²) in [6.07, 6.45) is 2.46. The van der Waals surface area contributed by atoms with Crippen LogP contribution >= 0.6 is 0 Å². The Bertz CT molecular complexity index is 1020. The summed E-state index contributed by atoms with van der Waals surface area (Å²) < 4.78 is 10.9. The van der Waals surface area contributed by atoms with Crippen LogP contribution in [0.3, 0.4) is 0 Å². The number of hydrogen-bond donors (Lipinski definition) is 1. The fraction of sp³-hybridized carbons (Fsp3) is 0.500. The van der Waals surface area contributed by atoms with E-state index in [-0.39, 0.29) is 30.9 Å². The van der Waals surface area contributed by atoms with Crippen molar-refractivity contribution in [2.75, 3.05) is 19.7 Å². The van der Waals surface area contributed by atoms with Gasteiger partial charge in [0.05, 0.1) is 12.6 Å². The van der Waals surface area contributed by atoms with Crippen LogP contribution in [-0.4, -0.2) is 60.1 Å². The number of ether oxygens (including phenoxy) is 2. The summed E-state index contributed by atoms with van der Waals surface area (Å²) in [5.74, 6) is -0.934. The predicted octanol–water partition coefficient (Wildman–Crippen LogP) is 4.26. The van der Waals surface area contributed by atoms with E-state index in [1.54, 1.807) is 11.8 Å². The van der Waals surface area contributed by atoms with Crippen molar-refractivity contribution in [3.63, 3.8) is 0 Å². The maximum atomic E-state index is 13.7. The molecule has 200 valence electrons. The Morgan fingerprint density at radius 3 is 2.30 bits per heavy atom. The topological polar surface area (TPSA) is 84.9 Å². The highest BCUT2D eigenvalue weighted by Crippen LogP contribution is 2.28. The highest BCUT2D eigenvalue weighted by molar-refractivity contribution is 5.87. The maximum Gasteiger partial charge on any atom is 0.326 e. The average Bonchev–Trinajstić information content (AvgIpc) is 3.00. The Labute approximate surface area is 220 Å². The van der Waals surface area contributed by atoms with Crippen LogP contribution in [-0.2, 0) is 30.3 Å². The van der Waals surface area contributed by atoms with Crippen LogP contribution in [0.5, 0.6) is 0 Å². The minimum absolute atomic E-state index is 0.0738. The summed E-state index contributed by atoms with van der Waals surface area (Å²) in [6, 6.07) is 18.7. The molecule has 0 spiro atoms. The van der Waals surface area contributed by atoms with Gasteiger partial charge in [0.1, 0.15) is 18.2 Å².